The van der Waals surface area contributed by atoms with Gasteiger partial charge in [0.2, 0.25) is 0 Å². The van der Waals surface area contributed by atoms with E-state index in [-0.39, 0.29) is 21.7 Å². The number of rotatable bonds is 3. The van der Waals surface area contributed by atoms with Crippen LogP contribution in [0.1, 0.15) is 103 Å². The van der Waals surface area contributed by atoms with Gasteiger partial charge in [0.15, 0.2) is 7.28 Å². The first-order valence-electron chi connectivity index (χ1n) is 24.7. The molecule has 0 atom stereocenters. The molecule has 8 aromatic carbocycles. The van der Waals surface area contributed by atoms with Crippen LogP contribution >= 0.6 is 22.7 Å². The fraction of sp³-hybridized carbons (Fsp3) is 0.238. The summed E-state index contributed by atoms with van der Waals surface area (Å²) in [6.45, 7) is 21.6. The second-order valence-corrected chi connectivity index (χ2v) is 25.4. The topological polar surface area (TPSA) is 17.0 Å². The first kappa shape index (κ1) is 40.9. The predicted octanol–water partition coefficient (Wildman–Crippen LogP) is 16.6. The standard InChI is InChI=1S/C63H55BN2S2/c1-60(2,3)34-22-24-35(25-23-34)65-48-31-44-39(36-16-10-13-19-43(36)63(44,8)9)28-41(48)54-55-38-18-12-15-21-52(38)68-59(55)56-42-29-45-46(62(6,7)27-26-61(45,4)5)32-49(42)66-50-30-40-37-17-11-14-20-51(37)67-53(40)33-47(50)64-57(54)58(56)66/h10-25,28-33,64-65H,26-27H2,1-9H3. The molecule has 4 heterocycles. The SMILES string of the molecule is CC(C)(C)c1ccc(Nc2cc3c(cc2-c2c4c5c(c6cc7c(cc6n5-c5cc6c(cc5B4)sc4ccccc46)C(C)(C)CCC7(C)C)c4sc5ccccc5c24)-c2ccccc2C3(C)C)cc1. The van der Waals surface area contributed by atoms with Crippen LogP contribution in [0.25, 0.3) is 90.1 Å². The highest BCUT2D eigenvalue weighted by molar-refractivity contribution is 7.27. The minimum Gasteiger partial charge on any atom is -0.355 e. The highest BCUT2D eigenvalue weighted by atomic mass is 32.1. The van der Waals surface area contributed by atoms with Crippen molar-refractivity contribution in [3.63, 3.8) is 0 Å². The zero-order chi connectivity index (χ0) is 46.4. The van der Waals surface area contributed by atoms with Crippen molar-refractivity contribution in [2.75, 3.05) is 5.32 Å². The zero-order valence-electron chi connectivity index (χ0n) is 40.6. The number of thiophene rings is 2. The van der Waals surface area contributed by atoms with E-state index >= 15 is 0 Å². The number of aromatic nitrogens is 1. The van der Waals surface area contributed by atoms with Gasteiger partial charge in [0.1, 0.15) is 0 Å². The summed E-state index contributed by atoms with van der Waals surface area (Å²) in [5.41, 5.74) is 21.6. The van der Waals surface area contributed by atoms with Gasteiger partial charge in [0.05, 0.1) is 11.0 Å². The Labute approximate surface area is 407 Å². The molecular formula is C63H55BN2S2. The molecule has 0 fully saturated rings. The molecule has 11 aromatic rings. The van der Waals surface area contributed by atoms with E-state index < -0.39 is 0 Å². The van der Waals surface area contributed by atoms with Gasteiger partial charge in [-0.25, -0.2) is 0 Å². The van der Waals surface area contributed by atoms with Crippen LogP contribution in [0.3, 0.4) is 0 Å². The summed E-state index contributed by atoms with van der Waals surface area (Å²) in [5.74, 6) is 0. The number of nitrogens with zero attached hydrogens (tertiary/aromatic N) is 1. The Hall–Kier alpha value is -6.14. The second kappa shape index (κ2) is 13.6. The van der Waals surface area contributed by atoms with E-state index in [1.54, 1.807) is 0 Å². The lowest BCUT2D eigenvalue weighted by atomic mass is 9.58. The average molecular weight is 915 g/mol. The Morgan fingerprint density at radius 3 is 1.99 bits per heavy atom. The fourth-order valence-corrected chi connectivity index (χ4v) is 15.4. The Kier molecular flexibility index (Phi) is 8.15. The van der Waals surface area contributed by atoms with Gasteiger partial charge in [-0.05, 0) is 140 Å². The highest BCUT2D eigenvalue weighted by Crippen LogP contribution is 2.56. The molecule has 3 aromatic heterocycles. The third kappa shape index (κ3) is 5.52. The molecule has 332 valence electrons. The second-order valence-electron chi connectivity index (χ2n) is 23.2. The molecular weight excluding hydrogens is 860 g/mol. The number of anilines is 2. The molecule has 0 amide bonds. The van der Waals surface area contributed by atoms with E-state index in [1.165, 1.54) is 142 Å². The van der Waals surface area contributed by atoms with Gasteiger partial charge < -0.3 is 9.88 Å². The lowest BCUT2D eigenvalue weighted by molar-refractivity contribution is 0.332. The van der Waals surface area contributed by atoms with Gasteiger partial charge in [-0.15, -0.1) is 22.7 Å². The third-order valence-corrected chi connectivity index (χ3v) is 19.1. The Morgan fingerprint density at radius 2 is 1.24 bits per heavy atom. The van der Waals surface area contributed by atoms with Crippen LogP contribution in [0.2, 0.25) is 0 Å². The van der Waals surface area contributed by atoms with Crippen LogP contribution in [0, 0.1) is 0 Å². The Bertz CT molecular complexity index is 4030. The lowest BCUT2D eigenvalue weighted by Crippen LogP contribution is -2.37. The molecule has 0 radical (unpaired) electrons. The van der Waals surface area contributed by atoms with Crippen LogP contribution in [0.15, 0.2) is 133 Å². The van der Waals surface area contributed by atoms with Gasteiger partial charge in [0.25, 0.3) is 0 Å². The van der Waals surface area contributed by atoms with E-state index in [0.29, 0.717) is 0 Å². The van der Waals surface area contributed by atoms with E-state index in [4.69, 9.17) is 0 Å². The summed E-state index contributed by atoms with van der Waals surface area (Å²) >= 11 is 3.92. The van der Waals surface area contributed by atoms with E-state index in [0.717, 1.165) is 18.7 Å². The first-order chi connectivity index (χ1) is 32.6. The average Bonchev–Trinajstić information content (AvgIpc) is 4.04. The zero-order valence-corrected chi connectivity index (χ0v) is 42.2. The number of hydrogen-bond donors (Lipinski definition) is 1. The van der Waals surface area contributed by atoms with E-state index in [9.17, 15) is 0 Å². The fourth-order valence-electron chi connectivity index (χ4n) is 12.9. The maximum absolute atomic E-state index is 4.12. The monoisotopic (exact) mass is 914 g/mol. The van der Waals surface area contributed by atoms with Crippen molar-refractivity contribution in [1.29, 1.82) is 0 Å². The Balaban J connectivity index is 1.17. The smallest absolute Gasteiger partial charge is 0.198 e. The van der Waals surface area contributed by atoms with Crippen LogP contribution in [-0.4, -0.2) is 11.8 Å². The molecule has 0 saturated carbocycles. The van der Waals surface area contributed by atoms with Crippen molar-refractivity contribution in [3.8, 4) is 27.9 Å². The van der Waals surface area contributed by atoms with E-state index in [1.807, 2.05) is 22.7 Å². The lowest BCUT2D eigenvalue weighted by Gasteiger charge is -2.42. The maximum atomic E-state index is 4.12. The van der Waals surface area contributed by atoms with Crippen LogP contribution in [0.5, 0.6) is 0 Å². The quantitative estimate of drug-likeness (QED) is 0.175. The maximum Gasteiger partial charge on any atom is 0.198 e. The molecule has 2 nitrogen and oxygen atoms in total. The van der Waals surface area contributed by atoms with Gasteiger partial charge in [-0.2, -0.15) is 0 Å². The molecule has 68 heavy (non-hydrogen) atoms. The first-order valence-corrected chi connectivity index (χ1v) is 26.3. The summed E-state index contributed by atoms with van der Waals surface area (Å²) in [5, 5.41) is 12.3. The van der Waals surface area contributed by atoms with Crippen molar-refractivity contribution in [2.24, 2.45) is 0 Å². The number of nitrogens with one attached hydrogen (secondary N) is 1. The molecule has 0 bridgehead atoms. The molecule has 14 rings (SSSR count). The van der Waals surface area contributed by atoms with Gasteiger partial charge in [-0.1, -0.05) is 141 Å². The summed E-state index contributed by atoms with van der Waals surface area (Å²) in [7, 11) is 0.845. The van der Waals surface area contributed by atoms with Crippen molar-refractivity contribution in [2.45, 2.75) is 96.8 Å². The van der Waals surface area contributed by atoms with Gasteiger partial charge in [0, 0.05) is 79.2 Å². The van der Waals surface area contributed by atoms with Crippen molar-refractivity contribution in [3.05, 3.63) is 161 Å². The minimum atomic E-state index is -0.152. The molecule has 1 N–H and O–H groups in total. The molecule has 3 aliphatic rings. The number of fused-ring (bicyclic) bond motifs is 16. The highest BCUT2D eigenvalue weighted by Gasteiger charge is 2.41. The van der Waals surface area contributed by atoms with Gasteiger partial charge >= 0.3 is 0 Å². The molecule has 1 aliphatic heterocycles. The van der Waals surface area contributed by atoms with Crippen molar-refractivity contribution in [1.82, 2.24) is 4.57 Å². The molecule has 5 heteroatoms. The van der Waals surface area contributed by atoms with Crippen LogP contribution in [0.4, 0.5) is 11.4 Å². The predicted molar refractivity (Wildman–Crippen MR) is 300 cm³/mol. The normalized spacial score (nSPS) is 16.4. The van der Waals surface area contributed by atoms with Gasteiger partial charge in [-0.3, -0.25) is 0 Å². The summed E-state index contributed by atoms with van der Waals surface area (Å²) in [6.07, 6.45) is 2.36. The molecule has 2 aliphatic carbocycles. The number of benzene rings is 8. The molecule has 0 spiro atoms. The molecule has 0 unspecified atom stereocenters. The number of hydrogen-bond acceptors (Lipinski definition) is 3. The Morgan fingerprint density at radius 1 is 0.559 bits per heavy atom. The van der Waals surface area contributed by atoms with Crippen molar-refractivity contribution >= 4 is 114 Å². The summed E-state index contributed by atoms with van der Waals surface area (Å²) in [4.78, 5) is 0. The largest absolute Gasteiger partial charge is 0.355 e. The summed E-state index contributed by atoms with van der Waals surface area (Å²) in [6, 6.07) is 52.1. The third-order valence-electron chi connectivity index (χ3n) is 16.8. The minimum absolute atomic E-state index is 0.0672. The van der Waals surface area contributed by atoms with E-state index in [2.05, 4.69) is 206 Å². The van der Waals surface area contributed by atoms with Crippen LogP contribution in [-0.2, 0) is 21.7 Å². The van der Waals surface area contributed by atoms with Crippen LogP contribution < -0.4 is 16.2 Å². The molecule has 0 saturated heterocycles. The van der Waals surface area contributed by atoms with Crippen molar-refractivity contribution < 1.29 is 0 Å². The summed E-state index contributed by atoms with van der Waals surface area (Å²) < 4.78 is 8.18.